The van der Waals surface area contributed by atoms with Crippen molar-refractivity contribution < 1.29 is 14.6 Å². The summed E-state index contributed by atoms with van der Waals surface area (Å²) in [6, 6.07) is 8.41. The first kappa shape index (κ1) is 17.8. The molecule has 0 heterocycles. The fourth-order valence-corrected chi connectivity index (χ4v) is 2.91. The number of amides is 1. The average Bonchev–Trinajstić information content (AvgIpc) is 2.60. The van der Waals surface area contributed by atoms with Gasteiger partial charge in [-0.25, -0.2) is 0 Å². The SMILES string of the molecule is CCNC(=O)COc1ccc(CNC2CCC(CO)CC2)cc1. The number of hydrogen-bond acceptors (Lipinski definition) is 4. The van der Waals surface area contributed by atoms with E-state index in [9.17, 15) is 4.79 Å². The number of carbonyl (C=O) groups is 1. The highest BCUT2D eigenvalue weighted by molar-refractivity contribution is 5.77. The predicted octanol–water partition coefficient (Wildman–Crippen LogP) is 1.84. The molecule has 23 heavy (non-hydrogen) atoms. The monoisotopic (exact) mass is 320 g/mol. The van der Waals surface area contributed by atoms with Gasteiger partial charge in [-0.15, -0.1) is 0 Å². The van der Waals surface area contributed by atoms with Gasteiger partial charge >= 0.3 is 0 Å². The first-order valence-electron chi connectivity index (χ1n) is 8.54. The number of ether oxygens (including phenoxy) is 1. The number of rotatable bonds is 8. The van der Waals surface area contributed by atoms with Crippen molar-refractivity contribution in [1.82, 2.24) is 10.6 Å². The van der Waals surface area contributed by atoms with Crippen molar-refractivity contribution >= 4 is 5.91 Å². The first-order valence-corrected chi connectivity index (χ1v) is 8.54. The van der Waals surface area contributed by atoms with E-state index in [2.05, 4.69) is 10.6 Å². The van der Waals surface area contributed by atoms with Gasteiger partial charge in [0.2, 0.25) is 0 Å². The lowest BCUT2D eigenvalue weighted by molar-refractivity contribution is -0.122. The molecule has 1 aliphatic rings. The van der Waals surface area contributed by atoms with Crippen LogP contribution in [0.5, 0.6) is 5.75 Å². The zero-order valence-corrected chi connectivity index (χ0v) is 13.9. The third kappa shape index (κ3) is 6.20. The van der Waals surface area contributed by atoms with Crippen molar-refractivity contribution in [3.05, 3.63) is 29.8 Å². The highest BCUT2D eigenvalue weighted by atomic mass is 16.5. The second kappa shape index (κ2) is 9.53. The second-order valence-electron chi connectivity index (χ2n) is 6.17. The lowest BCUT2D eigenvalue weighted by Gasteiger charge is -2.28. The molecule has 1 aromatic rings. The van der Waals surface area contributed by atoms with Gasteiger partial charge in [0, 0.05) is 25.7 Å². The van der Waals surface area contributed by atoms with Crippen molar-refractivity contribution in [2.45, 2.75) is 45.2 Å². The van der Waals surface area contributed by atoms with Gasteiger partial charge in [0.05, 0.1) is 0 Å². The van der Waals surface area contributed by atoms with E-state index in [1.165, 1.54) is 5.56 Å². The Labute approximate surface area is 138 Å². The van der Waals surface area contributed by atoms with E-state index in [1.54, 1.807) is 0 Å². The van der Waals surface area contributed by atoms with Crippen LogP contribution in [-0.2, 0) is 11.3 Å². The number of likely N-dealkylation sites (N-methyl/N-ethyl adjacent to an activating group) is 1. The molecular weight excluding hydrogens is 292 g/mol. The Hall–Kier alpha value is -1.59. The highest BCUT2D eigenvalue weighted by Gasteiger charge is 2.19. The fraction of sp³-hybridized carbons (Fsp3) is 0.611. The summed E-state index contributed by atoms with van der Waals surface area (Å²) in [5.41, 5.74) is 1.21. The minimum Gasteiger partial charge on any atom is -0.484 e. The molecule has 0 atom stereocenters. The van der Waals surface area contributed by atoms with Gasteiger partial charge in [0.25, 0.3) is 5.91 Å². The molecule has 3 N–H and O–H groups in total. The molecule has 0 bridgehead atoms. The molecule has 5 heteroatoms. The molecule has 1 aliphatic carbocycles. The Balaban J connectivity index is 1.69. The van der Waals surface area contributed by atoms with Crippen LogP contribution in [0.3, 0.4) is 0 Å². The van der Waals surface area contributed by atoms with Crippen LogP contribution in [0.15, 0.2) is 24.3 Å². The standard InChI is InChI=1S/C18H28N2O3/c1-2-19-18(22)13-23-17-9-5-14(6-10-17)11-20-16-7-3-15(12-21)4-8-16/h5-6,9-10,15-16,20-21H,2-4,7-8,11-13H2,1H3,(H,19,22). The molecular formula is C18H28N2O3. The van der Waals surface area contributed by atoms with E-state index in [0.29, 0.717) is 30.9 Å². The van der Waals surface area contributed by atoms with Gasteiger partial charge in [-0.2, -0.15) is 0 Å². The van der Waals surface area contributed by atoms with E-state index >= 15 is 0 Å². The normalized spacial score (nSPS) is 21.0. The van der Waals surface area contributed by atoms with Crippen molar-refractivity contribution in [3.8, 4) is 5.75 Å². The van der Waals surface area contributed by atoms with Crippen LogP contribution in [0.25, 0.3) is 0 Å². The van der Waals surface area contributed by atoms with Crippen LogP contribution in [0, 0.1) is 5.92 Å². The molecule has 0 radical (unpaired) electrons. The lowest BCUT2D eigenvalue weighted by atomic mass is 9.86. The zero-order chi connectivity index (χ0) is 16.5. The molecule has 0 aromatic heterocycles. The van der Waals surface area contributed by atoms with Crippen LogP contribution in [-0.4, -0.2) is 36.8 Å². The summed E-state index contributed by atoms with van der Waals surface area (Å²) >= 11 is 0. The summed E-state index contributed by atoms with van der Waals surface area (Å²) in [7, 11) is 0. The summed E-state index contributed by atoms with van der Waals surface area (Å²) in [5, 5.41) is 15.4. The summed E-state index contributed by atoms with van der Waals surface area (Å²) in [6.07, 6.45) is 4.50. The maximum atomic E-state index is 11.3. The summed E-state index contributed by atoms with van der Waals surface area (Å²) in [5.74, 6) is 1.11. The molecule has 1 amide bonds. The van der Waals surface area contributed by atoms with E-state index in [1.807, 2.05) is 31.2 Å². The van der Waals surface area contributed by atoms with Crippen LogP contribution in [0.2, 0.25) is 0 Å². The Bertz CT molecular complexity index is 468. The first-order chi connectivity index (χ1) is 11.2. The van der Waals surface area contributed by atoms with Gasteiger partial charge in [0.1, 0.15) is 5.75 Å². The topological polar surface area (TPSA) is 70.6 Å². The molecule has 5 nitrogen and oxygen atoms in total. The molecule has 1 aromatic carbocycles. The van der Waals surface area contributed by atoms with E-state index < -0.39 is 0 Å². The Morgan fingerprint density at radius 2 is 1.91 bits per heavy atom. The lowest BCUT2D eigenvalue weighted by Crippen LogP contribution is -2.33. The Morgan fingerprint density at radius 3 is 2.52 bits per heavy atom. The van der Waals surface area contributed by atoms with E-state index in [0.717, 1.165) is 32.2 Å². The molecule has 0 unspecified atom stereocenters. The Kier molecular flexibility index (Phi) is 7.36. The van der Waals surface area contributed by atoms with Crippen LogP contribution >= 0.6 is 0 Å². The summed E-state index contributed by atoms with van der Waals surface area (Å²) in [6.45, 7) is 3.72. The molecule has 0 spiro atoms. The smallest absolute Gasteiger partial charge is 0.257 e. The van der Waals surface area contributed by atoms with Crippen molar-refractivity contribution in [2.75, 3.05) is 19.8 Å². The molecule has 1 saturated carbocycles. The molecule has 2 rings (SSSR count). The second-order valence-corrected chi connectivity index (χ2v) is 6.17. The molecule has 0 aliphatic heterocycles. The predicted molar refractivity (Wildman–Crippen MR) is 90.3 cm³/mol. The zero-order valence-electron chi connectivity index (χ0n) is 13.9. The van der Waals surface area contributed by atoms with Crippen LogP contribution in [0.1, 0.15) is 38.2 Å². The minimum atomic E-state index is -0.100. The van der Waals surface area contributed by atoms with Crippen molar-refractivity contribution in [2.24, 2.45) is 5.92 Å². The van der Waals surface area contributed by atoms with E-state index in [4.69, 9.17) is 9.84 Å². The van der Waals surface area contributed by atoms with Gasteiger partial charge < -0.3 is 20.5 Å². The maximum absolute atomic E-state index is 11.3. The number of aliphatic hydroxyl groups is 1. The number of hydrogen-bond donors (Lipinski definition) is 3. The largest absolute Gasteiger partial charge is 0.484 e. The Morgan fingerprint density at radius 1 is 1.22 bits per heavy atom. The average molecular weight is 320 g/mol. The number of carbonyl (C=O) groups excluding carboxylic acids is 1. The maximum Gasteiger partial charge on any atom is 0.257 e. The van der Waals surface area contributed by atoms with Crippen LogP contribution < -0.4 is 15.4 Å². The molecule has 128 valence electrons. The van der Waals surface area contributed by atoms with Crippen molar-refractivity contribution in [1.29, 1.82) is 0 Å². The molecule has 1 fully saturated rings. The van der Waals surface area contributed by atoms with Gasteiger partial charge in [-0.1, -0.05) is 12.1 Å². The third-order valence-corrected chi connectivity index (χ3v) is 4.37. The van der Waals surface area contributed by atoms with Crippen molar-refractivity contribution in [3.63, 3.8) is 0 Å². The summed E-state index contributed by atoms with van der Waals surface area (Å²) in [4.78, 5) is 11.3. The molecule has 0 saturated heterocycles. The highest BCUT2D eigenvalue weighted by Crippen LogP contribution is 2.24. The quantitative estimate of drug-likeness (QED) is 0.683. The van der Waals surface area contributed by atoms with Gasteiger partial charge in [0.15, 0.2) is 6.61 Å². The fourth-order valence-electron chi connectivity index (χ4n) is 2.91. The van der Waals surface area contributed by atoms with E-state index in [-0.39, 0.29) is 12.5 Å². The number of nitrogens with one attached hydrogen (secondary N) is 2. The van der Waals surface area contributed by atoms with Crippen LogP contribution in [0.4, 0.5) is 0 Å². The third-order valence-electron chi connectivity index (χ3n) is 4.37. The van der Waals surface area contributed by atoms with Gasteiger partial charge in [-0.3, -0.25) is 4.79 Å². The van der Waals surface area contributed by atoms with Gasteiger partial charge in [-0.05, 0) is 56.2 Å². The minimum absolute atomic E-state index is 0.0551. The summed E-state index contributed by atoms with van der Waals surface area (Å²) < 4.78 is 5.44. The number of aliphatic hydroxyl groups excluding tert-OH is 1. The number of benzene rings is 1.